The highest BCUT2D eigenvalue weighted by Crippen LogP contribution is 2.22. The fourth-order valence-electron chi connectivity index (χ4n) is 2.37. The molecule has 0 bridgehead atoms. The van der Waals surface area contributed by atoms with Crippen molar-refractivity contribution in [1.29, 1.82) is 0 Å². The van der Waals surface area contributed by atoms with E-state index in [1.165, 1.54) is 0 Å². The monoisotopic (exact) mass is 259 g/mol. The Hall–Kier alpha value is -2.08. The number of anilines is 1. The first-order valence-corrected chi connectivity index (χ1v) is 6.45. The number of H-pyrrole nitrogens is 1. The van der Waals surface area contributed by atoms with E-state index >= 15 is 0 Å². The molecule has 0 amide bonds. The topological polar surface area (TPSA) is 91.1 Å². The van der Waals surface area contributed by atoms with Crippen LogP contribution in [-0.2, 0) is 0 Å². The number of nitrogens with zero attached hydrogens (tertiary/aromatic N) is 3. The number of benzene rings is 1. The third kappa shape index (κ3) is 2.53. The Morgan fingerprint density at radius 2 is 2.32 bits per heavy atom. The quantitative estimate of drug-likeness (QED) is 0.751. The molecule has 0 spiro atoms. The van der Waals surface area contributed by atoms with Gasteiger partial charge in [0.15, 0.2) is 5.82 Å². The number of hydrogen-bond donors (Lipinski definition) is 3. The number of piperidine rings is 1. The molecule has 1 unspecified atom stereocenters. The third-order valence-electron chi connectivity index (χ3n) is 3.33. The molecule has 0 radical (unpaired) electrons. The van der Waals surface area contributed by atoms with Gasteiger partial charge in [-0.3, -0.25) is 5.10 Å². The molecule has 100 valence electrons. The van der Waals surface area contributed by atoms with Crippen molar-refractivity contribution in [2.24, 2.45) is 5.73 Å². The van der Waals surface area contributed by atoms with Gasteiger partial charge in [-0.25, -0.2) is 0 Å². The van der Waals surface area contributed by atoms with Gasteiger partial charge in [-0.1, -0.05) is 12.1 Å². The van der Waals surface area contributed by atoms with Crippen LogP contribution in [0.25, 0.3) is 11.4 Å². The minimum atomic E-state index is 0.191. The lowest BCUT2D eigenvalue weighted by Gasteiger charge is -2.29. The molecule has 1 atom stereocenters. The smallest absolute Gasteiger partial charge is 0.245 e. The average molecular weight is 259 g/mol. The molecular weight excluding hydrogens is 242 g/mol. The summed E-state index contributed by atoms with van der Waals surface area (Å²) in [6.07, 6.45) is 2.12. The molecule has 2 heterocycles. The van der Waals surface area contributed by atoms with E-state index in [1.807, 2.05) is 6.07 Å². The fourth-order valence-corrected chi connectivity index (χ4v) is 2.37. The van der Waals surface area contributed by atoms with Crippen molar-refractivity contribution in [3.05, 3.63) is 24.3 Å². The predicted octanol–water partition coefficient (Wildman–Crippen LogP) is 1.10. The van der Waals surface area contributed by atoms with E-state index in [4.69, 9.17) is 5.73 Å². The van der Waals surface area contributed by atoms with Crippen molar-refractivity contribution in [2.45, 2.75) is 18.9 Å². The van der Waals surface area contributed by atoms with Crippen LogP contribution in [0.4, 0.5) is 5.95 Å². The molecule has 3 rings (SSSR count). The highest BCUT2D eigenvalue weighted by molar-refractivity contribution is 5.58. The van der Waals surface area contributed by atoms with Gasteiger partial charge in [0.25, 0.3) is 0 Å². The summed E-state index contributed by atoms with van der Waals surface area (Å²) in [6, 6.07) is 7.14. The molecule has 1 aromatic carbocycles. The van der Waals surface area contributed by atoms with Crippen molar-refractivity contribution in [1.82, 2.24) is 15.2 Å². The molecule has 1 aromatic heterocycles. The van der Waals surface area contributed by atoms with E-state index in [1.54, 1.807) is 18.2 Å². The number of aromatic nitrogens is 3. The van der Waals surface area contributed by atoms with Crippen LogP contribution in [0.3, 0.4) is 0 Å². The summed E-state index contributed by atoms with van der Waals surface area (Å²) < 4.78 is 0. The van der Waals surface area contributed by atoms with Gasteiger partial charge in [0.05, 0.1) is 0 Å². The number of aromatic hydroxyl groups is 1. The maximum Gasteiger partial charge on any atom is 0.245 e. The van der Waals surface area contributed by atoms with Gasteiger partial charge in [0.1, 0.15) is 5.75 Å². The van der Waals surface area contributed by atoms with Crippen LogP contribution in [0.15, 0.2) is 24.3 Å². The number of rotatable bonds is 2. The molecule has 1 aliphatic heterocycles. The van der Waals surface area contributed by atoms with E-state index in [9.17, 15) is 5.11 Å². The first-order chi connectivity index (χ1) is 9.22. The third-order valence-corrected chi connectivity index (χ3v) is 3.33. The Morgan fingerprint density at radius 3 is 3.11 bits per heavy atom. The lowest BCUT2D eigenvalue weighted by Crippen LogP contribution is -2.43. The zero-order valence-corrected chi connectivity index (χ0v) is 10.6. The van der Waals surface area contributed by atoms with Crippen molar-refractivity contribution >= 4 is 5.95 Å². The Balaban J connectivity index is 1.83. The van der Waals surface area contributed by atoms with Crippen molar-refractivity contribution < 1.29 is 5.11 Å². The summed E-state index contributed by atoms with van der Waals surface area (Å²) in [5.74, 6) is 1.55. The number of aromatic amines is 1. The summed E-state index contributed by atoms with van der Waals surface area (Å²) in [7, 11) is 0. The van der Waals surface area contributed by atoms with Crippen LogP contribution >= 0.6 is 0 Å². The zero-order chi connectivity index (χ0) is 13.2. The normalized spacial score (nSPS) is 19.6. The maximum absolute atomic E-state index is 9.48. The van der Waals surface area contributed by atoms with Gasteiger partial charge in [-0.2, -0.15) is 4.98 Å². The first kappa shape index (κ1) is 12.0. The van der Waals surface area contributed by atoms with Crippen LogP contribution in [0.5, 0.6) is 5.75 Å². The van der Waals surface area contributed by atoms with E-state index in [0.717, 1.165) is 31.5 Å². The van der Waals surface area contributed by atoms with Crippen molar-refractivity contribution in [2.75, 3.05) is 18.0 Å². The Labute approximate surface area is 111 Å². The number of nitrogens with two attached hydrogens (primary N) is 1. The summed E-state index contributed by atoms with van der Waals surface area (Å²) in [4.78, 5) is 6.57. The molecular formula is C13H17N5O. The van der Waals surface area contributed by atoms with Crippen LogP contribution in [0, 0.1) is 0 Å². The standard InChI is InChI=1S/C13H17N5O/c14-10-4-2-6-18(8-10)13-15-12(16-17-13)9-3-1-5-11(19)7-9/h1,3,5,7,10,19H,2,4,6,8,14H2,(H,15,16,17). The molecule has 2 aromatic rings. The molecule has 1 aliphatic rings. The van der Waals surface area contributed by atoms with Crippen LogP contribution in [0.2, 0.25) is 0 Å². The lowest BCUT2D eigenvalue weighted by molar-refractivity contribution is 0.475. The molecule has 6 heteroatoms. The Morgan fingerprint density at radius 1 is 1.42 bits per heavy atom. The van der Waals surface area contributed by atoms with Gasteiger partial charge in [-0.15, -0.1) is 5.10 Å². The maximum atomic E-state index is 9.48. The molecule has 0 aliphatic carbocycles. The first-order valence-electron chi connectivity index (χ1n) is 6.45. The molecule has 1 saturated heterocycles. The zero-order valence-electron chi connectivity index (χ0n) is 10.6. The predicted molar refractivity (Wildman–Crippen MR) is 72.9 cm³/mol. The van der Waals surface area contributed by atoms with Crippen LogP contribution in [0.1, 0.15) is 12.8 Å². The van der Waals surface area contributed by atoms with Crippen molar-refractivity contribution in [3.8, 4) is 17.1 Å². The summed E-state index contributed by atoms with van der Waals surface area (Å²) >= 11 is 0. The second kappa shape index (κ2) is 4.89. The Bertz CT molecular complexity index is 568. The summed E-state index contributed by atoms with van der Waals surface area (Å²) in [5.41, 5.74) is 6.78. The SMILES string of the molecule is NC1CCCN(c2n[nH]c(-c3cccc(O)c3)n2)C1. The van der Waals surface area contributed by atoms with Gasteiger partial charge in [0, 0.05) is 24.7 Å². The number of phenolic OH excluding ortho intramolecular Hbond substituents is 1. The highest BCUT2D eigenvalue weighted by atomic mass is 16.3. The number of phenols is 1. The fraction of sp³-hybridized carbons (Fsp3) is 0.385. The summed E-state index contributed by atoms with van der Waals surface area (Å²) in [5, 5.41) is 16.6. The minimum Gasteiger partial charge on any atom is -0.508 e. The van der Waals surface area contributed by atoms with Gasteiger partial charge in [0.2, 0.25) is 5.95 Å². The number of nitrogens with one attached hydrogen (secondary N) is 1. The summed E-state index contributed by atoms with van der Waals surface area (Å²) in [6.45, 7) is 1.72. The molecule has 4 N–H and O–H groups in total. The van der Waals surface area contributed by atoms with Gasteiger partial charge in [-0.05, 0) is 25.0 Å². The number of hydrogen-bond acceptors (Lipinski definition) is 5. The average Bonchev–Trinajstić information content (AvgIpc) is 2.88. The van der Waals surface area contributed by atoms with E-state index in [2.05, 4.69) is 20.1 Å². The lowest BCUT2D eigenvalue weighted by atomic mass is 10.1. The molecule has 19 heavy (non-hydrogen) atoms. The highest BCUT2D eigenvalue weighted by Gasteiger charge is 2.20. The van der Waals surface area contributed by atoms with E-state index < -0.39 is 0 Å². The molecule has 6 nitrogen and oxygen atoms in total. The molecule has 1 fully saturated rings. The molecule has 0 saturated carbocycles. The van der Waals surface area contributed by atoms with Gasteiger partial charge >= 0.3 is 0 Å². The van der Waals surface area contributed by atoms with Crippen LogP contribution in [-0.4, -0.2) is 39.4 Å². The van der Waals surface area contributed by atoms with E-state index in [-0.39, 0.29) is 11.8 Å². The minimum absolute atomic E-state index is 0.191. The second-order valence-corrected chi connectivity index (χ2v) is 4.88. The van der Waals surface area contributed by atoms with Crippen LogP contribution < -0.4 is 10.6 Å². The van der Waals surface area contributed by atoms with E-state index in [0.29, 0.717) is 11.8 Å². The largest absolute Gasteiger partial charge is 0.508 e. The van der Waals surface area contributed by atoms with Gasteiger partial charge < -0.3 is 15.7 Å². The second-order valence-electron chi connectivity index (χ2n) is 4.88. The Kier molecular flexibility index (Phi) is 3.08. The van der Waals surface area contributed by atoms with Crippen molar-refractivity contribution in [3.63, 3.8) is 0 Å².